The van der Waals surface area contributed by atoms with Crippen molar-refractivity contribution in [3.05, 3.63) is 47.1 Å². The van der Waals surface area contributed by atoms with E-state index in [0.29, 0.717) is 5.02 Å². The maximum atomic E-state index is 6.06. The normalized spacial score (nSPS) is 11.0. The summed E-state index contributed by atoms with van der Waals surface area (Å²) in [5, 5.41) is 4.80. The van der Waals surface area contributed by atoms with Gasteiger partial charge in [-0.15, -0.1) is 5.10 Å². The number of aryl methyl sites for hydroxylation is 1. The van der Waals surface area contributed by atoms with Crippen molar-refractivity contribution in [2.24, 2.45) is 0 Å². The van der Waals surface area contributed by atoms with Gasteiger partial charge in [-0.2, -0.15) is 4.98 Å². The maximum absolute atomic E-state index is 6.06. The van der Waals surface area contributed by atoms with Gasteiger partial charge in [-0.25, -0.2) is 4.52 Å². The van der Waals surface area contributed by atoms with Crippen LogP contribution in [-0.4, -0.2) is 14.6 Å². The molecule has 0 bridgehead atoms. The molecule has 3 rings (SSSR count). The third-order valence-electron chi connectivity index (χ3n) is 2.87. The van der Waals surface area contributed by atoms with Gasteiger partial charge in [-0.1, -0.05) is 17.7 Å². The molecule has 2 aromatic heterocycles. The average Bonchev–Trinajstić information content (AvgIpc) is 2.72. The first-order chi connectivity index (χ1) is 8.65. The van der Waals surface area contributed by atoms with Gasteiger partial charge in [0.05, 0.1) is 0 Å². The lowest BCUT2D eigenvalue weighted by Crippen LogP contribution is -1.91. The van der Waals surface area contributed by atoms with E-state index in [0.717, 1.165) is 22.3 Å². The summed E-state index contributed by atoms with van der Waals surface area (Å²) in [5.41, 5.74) is 9.52. The van der Waals surface area contributed by atoms with Gasteiger partial charge >= 0.3 is 0 Å². The summed E-state index contributed by atoms with van der Waals surface area (Å²) < 4.78 is 1.67. The minimum absolute atomic E-state index is 0.266. The third kappa shape index (κ3) is 1.71. The number of fused-ring (bicyclic) bond motifs is 1. The number of hydrogen-bond donors (Lipinski definition) is 1. The Hall–Kier alpha value is -2.07. The minimum Gasteiger partial charge on any atom is -0.366 e. The summed E-state index contributed by atoms with van der Waals surface area (Å²) in [6, 6.07) is 9.69. The third-order valence-corrected chi connectivity index (χ3v) is 3.10. The van der Waals surface area contributed by atoms with Crippen LogP contribution in [0.25, 0.3) is 16.8 Å². The van der Waals surface area contributed by atoms with Gasteiger partial charge < -0.3 is 5.73 Å². The summed E-state index contributed by atoms with van der Waals surface area (Å²) in [6.07, 6.45) is 1.82. The molecular weight excluding hydrogens is 248 g/mol. The molecule has 90 valence electrons. The van der Waals surface area contributed by atoms with Crippen LogP contribution in [0.5, 0.6) is 0 Å². The maximum Gasteiger partial charge on any atom is 0.240 e. The van der Waals surface area contributed by atoms with Crippen LogP contribution < -0.4 is 5.73 Å². The molecule has 0 aliphatic rings. The zero-order chi connectivity index (χ0) is 12.7. The molecule has 0 radical (unpaired) electrons. The molecule has 0 atom stereocenters. The van der Waals surface area contributed by atoms with Crippen LogP contribution in [-0.2, 0) is 0 Å². The van der Waals surface area contributed by atoms with Crippen molar-refractivity contribution < 1.29 is 0 Å². The first-order valence-electron chi connectivity index (χ1n) is 5.52. The summed E-state index contributed by atoms with van der Waals surface area (Å²) in [7, 11) is 0. The van der Waals surface area contributed by atoms with Gasteiger partial charge in [0.1, 0.15) is 0 Å². The van der Waals surface area contributed by atoms with E-state index in [1.165, 1.54) is 0 Å². The van der Waals surface area contributed by atoms with Gasteiger partial charge in [0.25, 0.3) is 0 Å². The molecule has 5 heteroatoms. The summed E-state index contributed by atoms with van der Waals surface area (Å²) >= 11 is 6.06. The number of pyridine rings is 1. The van der Waals surface area contributed by atoms with E-state index in [1.54, 1.807) is 4.52 Å². The Kier molecular flexibility index (Phi) is 2.45. The lowest BCUT2D eigenvalue weighted by atomic mass is 10.0. The van der Waals surface area contributed by atoms with Crippen molar-refractivity contribution in [1.82, 2.24) is 14.6 Å². The molecule has 0 aliphatic heterocycles. The number of nitrogen functional groups attached to an aromatic ring is 1. The van der Waals surface area contributed by atoms with Gasteiger partial charge in [0.2, 0.25) is 5.95 Å². The fourth-order valence-corrected chi connectivity index (χ4v) is 2.19. The Balaban J connectivity index is 2.34. The molecule has 4 nitrogen and oxygen atoms in total. The first kappa shape index (κ1) is 11.0. The molecule has 2 N–H and O–H groups in total. The van der Waals surface area contributed by atoms with E-state index >= 15 is 0 Å². The van der Waals surface area contributed by atoms with Crippen molar-refractivity contribution in [3.63, 3.8) is 0 Å². The average molecular weight is 259 g/mol. The number of nitrogens with two attached hydrogens (primary N) is 1. The van der Waals surface area contributed by atoms with Crippen LogP contribution in [0.1, 0.15) is 5.56 Å². The Morgan fingerprint density at radius 1 is 1.22 bits per heavy atom. The summed E-state index contributed by atoms with van der Waals surface area (Å²) in [4.78, 5) is 4.25. The monoisotopic (exact) mass is 258 g/mol. The standard InChI is InChI=1S/C13H11ClN4/c1-8-4-5-9(14)7-11(8)10-3-2-6-18-12(10)16-13(15)17-18/h2-7H,1H3,(H2,15,17). The van der Waals surface area contributed by atoms with E-state index in [9.17, 15) is 0 Å². The summed E-state index contributed by atoms with van der Waals surface area (Å²) in [5.74, 6) is 0.266. The van der Waals surface area contributed by atoms with Crippen molar-refractivity contribution in [2.75, 3.05) is 5.73 Å². The van der Waals surface area contributed by atoms with Crippen molar-refractivity contribution in [3.8, 4) is 11.1 Å². The van der Waals surface area contributed by atoms with E-state index in [4.69, 9.17) is 17.3 Å². The number of anilines is 1. The second-order valence-electron chi connectivity index (χ2n) is 4.12. The number of nitrogens with zero attached hydrogens (tertiary/aromatic N) is 3. The van der Waals surface area contributed by atoms with Crippen LogP contribution in [0.4, 0.5) is 5.95 Å². The van der Waals surface area contributed by atoms with E-state index in [-0.39, 0.29) is 5.95 Å². The second kappa shape index (κ2) is 3.99. The molecule has 1 aromatic carbocycles. The van der Waals surface area contributed by atoms with Crippen LogP contribution in [0.2, 0.25) is 5.02 Å². The van der Waals surface area contributed by atoms with Gasteiger partial charge in [0.15, 0.2) is 5.65 Å². The zero-order valence-corrected chi connectivity index (χ0v) is 10.5. The molecule has 2 heterocycles. The molecule has 0 fully saturated rings. The number of halogens is 1. The zero-order valence-electron chi connectivity index (χ0n) is 9.76. The van der Waals surface area contributed by atoms with Crippen LogP contribution >= 0.6 is 11.6 Å². The molecule has 0 amide bonds. The minimum atomic E-state index is 0.266. The number of aromatic nitrogens is 3. The molecule has 3 aromatic rings. The summed E-state index contributed by atoms with van der Waals surface area (Å²) in [6.45, 7) is 2.04. The Morgan fingerprint density at radius 3 is 2.89 bits per heavy atom. The molecule has 0 saturated carbocycles. The van der Waals surface area contributed by atoms with Gasteiger partial charge in [-0.3, -0.25) is 0 Å². The SMILES string of the molecule is Cc1ccc(Cl)cc1-c1cccn2nc(N)nc12. The second-order valence-corrected chi connectivity index (χ2v) is 4.56. The molecule has 0 unspecified atom stereocenters. The predicted molar refractivity (Wildman–Crippen MR) is 72.6 cm³/mol. The lowest BCUT2D eigenvalue weighted by Gasteiger charge is -2.07. The highest BCUT2D eigenvalue weighted by Gasteiger charge is 2.10. The molecular formula is C13H11ClN4. The van der Waals surface area contributed by atoms with Crippen LogP contribution in [0.15, 0.2) is 36.5 Å². The Morgan fingerprint density at radius 2 is 2.06 bits per heavy atom. The van der Waals surface area contributed by atoms with Crippen molar-refractivity contribution in [1.29, 1.82) is 0 Å². The quantitative estimate of drug-likeness (QED) is 0.730. The first-order valence-corrected chi connectivity index (χ1v) is 5.90. The van der Waals surface area contributed by atoms with E-state index < -0.39 is 0 Å². The molecule has 0 aliphatic carbocycles. The Bertz CT molecular complexity index is 733. The van der Waals surface area contributed by atoms with Gasteiger partial charge in [-0.05, 0) is 42.3 Å². The van der Waals surface area contributed by atoms with Crippen LogP contribution in [0.3, 0.4) is 0 Å². The number of rotatable bonds is 1. The number of hydrogen-bond acceptors (Lipinski definition) is 3. The van der Waals surface area contributed by atoms with E-state index in [2.05, 4.69) is 10.1 Å². The van der Waals surface area contributed by atoms with E-state index in [1.807, 2.05) is 43.5 Å². The highest BCUT2D eigenvalue weighted by molar-refractivity contribution is 6.30. The fraction of sp³-hybridized carbons (Fsp3) is 0.0769. The lowest BCUT2D eigenvalue weighted by molar-refractivity contribution is 0.969. The highest BCUT2D eigenvalue weighted by Crippen LogP contribution is 2.29. The van der Waals surface area contributed by atoms with Gasteiger partial charge in [0, 0.05) is 16.8 Å². The molecule has 18 heavy (non-hydrogen) atoms. The fourth-order valence-electron chi connectivity index (χ4n) is 2.02. The highest BCUT2D eigenvalue weighted by atomic mass is 35.5. The molecule has 0 saturated heterocycles. The predicted octanol–water partition coefficient (Wildman–Crippen LogP) is 2.94. The number of benzene rings is 1. The van der Waals surface area contributed by atoms with Crippen LogP contribution in [0, 0.1) is 6.92 Å². The largest absolute Gasteiger partial charge is 0.366 e. The van der Waals surface area contributed by atoms with Crippen molar-refractivity contribution in [2.45, 2.75) is 6.92 Å². The smallest absolute Gasteiger partial charge is 0.240 e. The molecule has 0 spiro atoms. The Labute approximate surface area is 109 Å². The van der Waals surface area contributed by atoms with Crippen molar-refractivity contribution >= 4 is 23.2 Å². The topological polar surface area (TPSA) is 56.2 Å².